The summed E-state index contributed by atoms with van der Waals surface area (Å²) in [5.41, 5.74) is 6.43. The Morgan fingerprint density at radius 3 is 2.87 bits per heavy atom. The minimum absolute atomic E-state index is 0.267. The highest BCUT2D eigenvalue weighted by Gasteiger charge is 2.19. The van der Waals surface area contributed by atoms with Crippen LogP contribution in [0.5, 0.6) is 0 Å². The number of nitrogens with two attached hydrogens (primary N) is 1. The zero-order valence-electron chi connectivity index (χ0n) is 12.3. The molecule has 7 heteroatoms. The minimum Gasteiger partial charge on any atom is -0.321 e. The van der Waals surface area contributed by atoms with Crippen molar-refractivity contribution in [2.75, 3.05) is 0 Å². The summed E-state index contributed by atoms with van der Waals surface area (Å²) in [6.07, 6.45) is 3.03. The molecule has 0 amide bonds. The van der Waals surface area contributed by atoms with Crippen LogP contribution in [0, 0.1) is 5.82 Å². The molecule has 0 aliphatic heterocycles. The van der Waals surface area contributed by atoms with Crippen LogP contribution in [0.4, 0.5) is 4.39 Å². The zero-order valence-corrected chi connectivity index (χ0v) is 13.1. The molecule has 0 spiro atoms. The number of hydrogen-bond donors (Lipinski definition) is 1. The predicted octanol–water partition coefficient (Wildman–Crippen LogP) is 2.98. The van der Waals surface area contributed by atoms with Crippen LogP contribution in [0.2, 0.25) is 5.02 Å². The molecule has 1 unspecified atom stereocenters. The van der Waals surface area contributed by atoms with E-state index in [1.807, 2.05) is 6.92 Å². The van der Waals surface area contributed by atoms with Crippen LogP contribution in [0.25, 0.3) is 16.6 Å². The molecule has 23 heavy (non-hydrogen) atoms. The van der Waals surface area contributed by atoms with Gasteiger partial charge in [-0.1, -0.05) is 24.6 Å². The predicted molar refractivity (Wildman–Crippen MR) is 87.3 cm³/mol. The van der Waals surface area contributed by atoms with Crippen LogP contribution in [0.15, 0.2) is 41.5 Å². The van der Waals surface area contributed by atoms with Gasteiger partial charge in [0.2, 0.25) is 0 Å². The van der Waals surface area contributed by atoms with Gasteiger partial charge in [0.25, 0.3) is 5.56 Å². The molecule has 0 aliphatic carbocycles. The smallest absolute Gasteiger partial charge is 0.267 e. The van der Waals surface area contributed by atoms with Crippen molar-refractivity contribution in [3.05, 3.63) is 63.7 Å². The Balaban J connectivity index is 2.44. The fourth-order valence-corrected chi connectivity index (χ4v) is 2.66. The Morgan fingerprint density at radius 1 is 1.39 bits per heavy atom. The van der Waals surface area contributed by atoms with Crippen molar-refractivity contribution in [3.63, 3.8) is 0 Å². The van der Waals surface area contributed by atoms with Gasteiger partial charge in [0, 0.05) is 6.07 Å². The number of aromatic nitrogens is 3. The third kappa shape index (κ3) is 2.71. The molecule has 3 rings (SSSR count). The summed E-state index contributed by atoms with van der Waals surface area (Å²) in [7, 11) is 0. The van der Waals surface area contributed by atoms with Crippen LogP contribution in [0.3, 0.4) is 0 Å². The summed E-state index contributed by atoms with van der Waals surface area (Å²) in [5, 5.41) is 0.556. The minimum atomic E-state index is -0.551. The first-order valence-corrected chi connectivity index (χ1v) is 7.48. The molecule has 0 radical (unpaired) electrons. The lowest BCUT2D eigenvalue weighted by Crippen LogP contribution is -2.28. The van der Waals surface area contributed by atoms with Crippen molar-refractivity contribution in [1.82, 2.24) is 14.5 Å². The van der Waals surface area contributed by atoms with Gasteiger partial charge in [0.1, 0.15) is 11.6 Å². The van der Waals surface area contributed by atoms with Crippen molar-refractivity contribution in [2.45, 2.75) is 19.4 Å². The van der Waals surface area contributed by atoms with E-state index < -0.39 is 17.4 Å². The van der Waals surface area contributed by atoms with Gasteiger partial charge >= 0.3 is 0 Å². The second-order valence-electron chi connectivity index (χ2n) is 5.12. The summed E-state index contributed by atoms with van der Waals surface area (Å²) >= 11 is 6.14. The topological polar surface area (TPSA) is 73.8 Å². The van der Waals surface area contributed by atoms with Crippen LogP contribution in [-0.2, 0) is 0 Å². The number of halogens is 2. The number of hydrogen-bond acceptors (Lipinski definition) is 4. The Hall–Kier alpha value is -2.31. The average Bonchev–Trinajstić information content (AvgIpc) is 2.53. The number of rotatable bonds is 3. The molecule has 1 aromatic carbocycles. The molecular weight excluding hydrogens is 319 g/mol. The van der Waals surface area contributed by atoms with Crippen molar-refractivity contribution < 1.29 is 4.39 Å². The SMILES string of the molecule is CCC(N)c1nc2cccc(Cl)c2c(=O)n1-c1cncc(F)c1. The van der Waals surface area contributed by atoms with Crippen molar-refractivity contribution >= 4 is 22.5 Å². The van der Waals surface area contributed by atoms with Gasteiger partial charge in [0.15, 0.2) is 0 Å². The Bertz CT molecular complexity index is 941. The number of pyridine rings is 1. The Morgan fingerprint density at radius 2 is 2.17 bits per heavy atom. The van der Waals surface area contributed by atoms with Crippen molar-refractivity contribution in [1.29, 1.82) is 0 Å². The molecule has 2 heterocycles. The van der Waals surface area contributed by atoms with E-state index in [4.69, 9.17) is 17.3 Å². The maximum atomic E-state index is 13.5. The molecular formula is C16H14ClFN4O. The van der Waals surface area contributed by atoms with Crippen LogP contribution >= 0.6 is 11.6 Å². The molecule has 2 N–H and O–H groups in total. The lowest BCUT2D eigenvalue weighted by atomic mass is 10.1. The molecule has 0 bridgehead atoms. The van der Waals surface area contributed by atoms with E-state index in [2.05, 4.69) is 9.97 Å². The first-order valence-electron chi connectivity index (χ1n) is 7.10. The van der Waals surface area contributed by atoms with E-state index in [1.54, 1.807) is 18.2 Å². The molecule has 0 saturated heterocycles. The van der Waals surface area contributed by atoms with E-state index in [0.717, 1.165) is 6.20 Å². The van der Waals surface area contributed by atoms with E-state index in [0.29, 0.717) is 17.8 Å². The summed E-state index contributed by atoms with van der Waals surface area (Å²) in [5.74, 6) is -0.204. The highest BCUT2D eigenvalue weighted by Crippen LogP contribution is 2.23. The number of fused-ring (bicyclic) bond motifs is 1. The first kappa shape index (κ1) is 15.6. The quantitative estimate of drug-likeness (QED) is 0.800. The molecule has 5 nitrogen and oxygen atoms in total. The molecule has 3 aromatic rings. The second-order valence-corrected chi connectivity index (χ2v) is 5.53. The summed E-state index contributed by atoms with van der Waals surface area (Å²) in [6.45, 7) is 1.88. The molecule has 118 valence electrons. The summed E-state index contributed by atoms with van der Waals surface area (Å²) in [6, 6.07) is 5.76. The highest BCUT2D eigenvalue weighted by atomic mass is 35.5. The van der Waals surface area contributed by atoms with Crippen molar-refractivity contribution in [3.8, 4) is 5.69 Å². The maximum Gasteiger partial charge on any atom is 0.267 e. The molecule has 0 saturated carbocycles. The molecule has 2 aromatic heterocycles. The van der Waals surface area contributed by atoms with E-state index in [9.17, 15) is 9.18 Å². The standard InChI is InChI=1S/C16H14ClFN4O/c1-2-12(19)15-21-13-5-3-4-11(17)14(13)16(23)22(15)10-6-9(18)7-20-8-10/h3-8,12H,2,19H2,1H3. The summed E-state index contributed by atoms with van der Waals surface area (Å²) < 4.78 is 14.8. The third-order valence-corrected chi connectivity index (χ3v) is 3.91. The lowest BCUT2D eigenvalue weighted by Gasteiger charge is -2.17. The summed E-state index contributed by atoms with van der Waals surface area (Å²) in [4.78, 5) is 21.2. The lowest BCUT2D eigenvalue weighted by molar-refractivity contribution is 0.607. The molecule has 0 aliphatic rings. The van der Waals surface area contributed by atoms with E-state index >= 15 is 0 Å². The monoisotopic (exact) mass is 332 g/mol. The van der Waals surface area contributed by atoms with Gasteiger partial charge in [0.05, 0.1) is 40.0 Å². The molecule has 1 atom stereocenters. The first-order chi connectivity index (χ1) is 11.0. The van der Waals surface area contributed by atoms with Gasteiger partial charge < -0.3 is 5.73 Å². The second kappa shape index (κ2) is 6.06. The van der Waals surface area contributed by atoms with Crippen molar-refractivity contribution in [2.24, 2.45) is 5.73 Å². The van der Waals surface area contributed by atoms with Gasteiger partial charge in [-0.15, -0.1) is 0 Å². The van der Waals surface area contributed by atoms with Gasteiger partial charge in [-0.25, -0.2) is 9.37 Å². The van der Waals surface area contributed by atoms with E-state index in [1.165, 1.54) is 16.8 Å². The van der Waals surface area contributed by atoms with Crippen LogP contribution in [-0.4, -0.2) is 14.5 Å². The number of benzene rings is 1. The van der Waals surface area contributed by atoms with Gasteiger partial charge in [-0.2, -0.15) is 0 Å². The van der Waals surface area contributed by atoms with E-state index in [-0.39, 0.29) is 16.1 Å². The maximum absolute atomic E-state index is 13.5. The van der Waals surface area contributed by atoms with Crippen LogP contribution < -0.4 is 11.3 Å². The van der Waals surface area contributed by atoms with Gasteiger partial charge in [-0.3, -0.25) is 14.3 Å². The molecule has 0 fully saturated rings. The van der Waals surface area contributed by atoms with Gasteiger partial charge in [-0.05, 0) is 18.6 Å². The fourth-order valence-electron chi connectivity index (χ4n) is 2.41. The number of nitrogens with zero attached hydrogens (tertiary/aromatic N) is 3. The highest BCUT2D eigenvalue weighted by molar-refractivity contribution is 6.35. The average molecular weight is 333 g/mol. The fraction of sp³-hybridized carbons (Fsp3) is 0.188. The Labute approximate surface area is 136 Å². The largest absolute Gasteiger partial charge is 0.321 e. The third-order valence-electron chi connectivity index (χ3n) is 3.59. The van der Waals surface area contributed by atoms with Crippen LogP contribution in [0.1, 0.15) is 25.2 Å². The zero-order chi connectivity index (χ0) is 16.6. The normalized spacial score (nSPS) is 12.5. The Kier molecular flexibility index (Phi) is 4.11.